The normalized spacial score (nSPS) is 18.1. The van der Waals surface area contributed by atoms with E-state index < -0.39 is 67.9 Å². The number of hydrogen-bond donors (Lipinski definition) is 1. The summed E-state index contributed by atoms with van der Waals surface area (Å²) in [5.74, 6) is -53.5. The van der Waals surface area contributed by atoms with Crippen LogP contribution >= 0.6 is 7.82 Å². The topological polar surface area (TPSA) is 55.8 Å². The van der Waals surface area contributed by atoms with Gasteiger partial charge in [0.25, 0.3) is 0 Å². The molecule has 27 heteroatoms. The zero-order valence-electron chi connectivity index (χ0n) is 15.4. The van der Waals surface area contributed by atoms with Gasteiger partial charge in [-0.05, 0) is 0 Å². The summed E-state index contributed by atoms with van der Waals surface area (Å²) >= 11 is 0. The fourth-order valence-electron chi connectivity index (χ4n) is 1.57. The third-order valence-electron chi connectivity index (χ3n) is 3.48. The van der Waals surface area contributed by atoms with Crippen LogP contribution in [0, 0.1) is 0 Å². The van der Waals surface area contributed by atoms with E-state index in [1.54, 1.807) is 4.52 Å². The highest BCUT2D eigenvalue weighted by Gasteiger charge is 2.95. The molecule has 0 fully saturated rings. The number of hydrogen-bond acceptors (Lipinski definition) is 3. The van der Waals surface area contributed by atoms with Gasteiger partial charge in [-0.3, -0.25) is 0 Å². The van der Waals surface area contributed by atoms with Crippen LogP contribution < -0.4 is 0 Å². The Kier molecular flexibility index (Phi) is 8.45. The molecule has 0 aromatic rings. The van der Waals surface area contributed by atoms with Gasteiger partial charge in [0.2, 0.25) is 0 Å². The molecule has 0 saturated heterocycles. The Hall–Kier alpha value is -1.43. The molecule has 0 aromatic heterocycles. The molecular formula is C10HF22O4P. The van der Waals surface area contributed by atoms with Crippen molar-refractivity contribution in [2.24, 2.45) is 0 Å². The summed E-state index contributed by atoms with van der Waals surface area (Å²) in [6.07, 6.45) is -30.6. The van der Waals surface area contributed by atoms with Crippen LogP contribution in [0.5, 0.6) is 0 Å². The maximum Gasteiger partial charge on any atom is 0.483 e. The third-order valence-corrected chi connectivity index (χ3v) is 4.40. The Bertz CT molecular complexity index is 885. The fourth-order valence-corrected chi connectivity index (χ4v) is 2.40. The summed E-state index contributed by atoms with van der Waals surface area (Å²) in [4.78, 5) is 8.26. The Morgan fingerprint density at radius 1 is 0.378 bits per heavy atom. The average Bonchev–Trinajstić information content (AvgIpc) is 2.56. The van der Waals surface area contributed by atoms with Crippen molar-refractivity contribution in [3.05, 3.63) is 0 Å². The minimum Gasteiger partial charge on any atom is -0.302 e. The first-order valence-electron chi connectivity index (χ1n) is 7.31. The van der Waals surface area contributed by atoms with E-state index in [-0.39, 0.29) is 0 Å². The SMILES string of the molecule is O=P(O)(OC(F)(F)C(F)(F)F)OC(F)(F)C(F)(F)C(F)(F)C(F)(F)C(F)(F)C(F)(F)C(F)(F)C(F)(F)F. The number of alkyl halides is 22. The van der Waals surface area contributed by atoms with E-state index in [1.165, 1.54) is 4.52 Å². The molecule has 0 saturated carbocycles. The van der Waals surface area contributed by atoms with Crippen molar-refractivity contribution in [1.29, 1.82) is 0 Å². The van der Waals surface area contributed by atoms with Gasteiger partial charge in [0.15, 0.2) is 0 Å². The highest BCUT2D eigenvalue weighted by atomic mass is 31.2. The molecule has 0 aliphatic heterocycles. The van der Waals surface area contributed by atoms with E-state index in [1.807, 2.05) is 0 Å². The lowest BCUT2D eigenvalue weighted by molar-refractivity contribution is -0.472. The van der Waals surface area contributed by atoms with Crippen LogP contribution in [-0.2, 0) is 13.6 Å². The van der Waals surface area contributed by atoms with Crippen molar-refractivity contribution in [2.75, 3.05) is 0 Å². The summed E-state index contributed by atoms with van der Waals surface area (Å²) in [7, 11) is -8.25. The average molecular weight is 634 g/mol. The number of halogens is 22. The van der Waals surface area contributed by atoms with Crippen LogP contribution in [-0.4, -0.2) is 65.0 Å². The van der Waals surface area contributed by atoms with Crippen molar-refractivity contribution in [3.8, 4) is 0 Å². The standard InChI is InChI=1S/C10HF22O4P/c11-1(12,3(15,16)5(19,20)7(23,24)25)2(13,14)4(17,18)6(21,22)9(29,30)35-37(33,34)36-10(31,32)8(26,27)28/h(H,33,34). The zero-order valence-corrected chi connectivity index (χ0v) is 16.3. The van der Waals surface area contributed by atoms with Crippen molar-refractivity contribution in [2.45, 2.75) is 60.1 Å². The Morgan fingerprint density at radius 3 is 0.892 bits per heavy atom. The molecule has 1 atom stereocenters. The van der Waals surface area contributed by atoms with Gasteiger partial charge in [0.1, 0.15) is 0 Å². The minimum atomic E-state index is -9.16. The Balaban J connectivity index is 6.70. The lowest BCUT2D eigenvalue weighted by Gasteiger charge is -2.42. The molecule has 0 amide bonds. The first-order chi connectivity index (χ1) is 15.4. The summed E-state index contributed by atoms with van der Waals surface area (Å²) < 4.78 is 293. The lowest BCUT2D eigenvalue weighted by Crippen LogP contribution is -2.74. The summed E-state index contributed by atoms with van der Waals surface area (Å²) in [5.41, 5.74) is 0. The third kappa shape index (κ3) is 5.38. The van der Waals surface area contributed by atoms with Crippen LogP contribution in [0.4, 0.5) is 96.6 Å². The molecule has 0 heterocycles. The molecule has 0 aromatic carbocycles. The van der Waals surface area contributed by atoms with Gasteiger partial charge in [-0.25, -0.2) is 13.6 Å². The molecule has 0 aliphatic rings. The van der Waals surface area contributed by atoms with Crippen LogP contribution in [0.15, 0.2) is 0 Å². The molecule has 224 valence electrons. The molecule has 0 radical (unpaired) electrons. The lowest BCUT2D eigenvalue weighted by atomic mass is 9.91. The van der Waals surface area contributed by atoms with Gasteiger partial charge < -0.3 is 4.89 Å². The first kappa shape index (κ1) is 35.6. The number of phosphoric acid groups is 1. The molecule has 4 nitrogen and oxygen atoms in total. The zero-order chi connectivity index (χ0) is 30.9. The molecule has 37 heavy (non-hydrogen) atoms. The Morgan fingerprint density at radius 2 is 0.622 bits per heavy atom. The van der Waals surface area contributed by atoms with Gasteiger partial charge in [-0.2, -0.15) is 96.6 Å². The van der Waals surface area contributed by atoms with E-state index >= 15 is 0 Å². The summed E-state index contributed by atoms with van der Waals surface area (Å²) in [6, 6.07) is 0. The van der Waals surface area contributed by atoms with E-state index in [0.717, 1.165) is 0 Å². The van der Waals surface area contributed by atoms with E-state index in [0.29, 0.717) is 0 Å². The van der Waals surface area contributed by atoms with Gasteiger partial charge >= 0.3 is 67.9 Å². The molecule has 0 aliphatic carbocycles. The molecule has 1 unspecified atom stereocenters. The second-order valence-electron chi connectivity index (χ2n) is 6.13. The molecular weight excluding hydrogens is 633 g/mol. The highest BCUT2D eigenvalue weighted by Crippen LogP contribution is 2.66. The number of rotatable bonds is 10. The maximum atomic E-state index is 13.3. The van der Waals surface area contributed by atoms with Gasteiger partial charge in [-0.1, -0.05) is 0 Å². The molecule has 0 rings (SSSR count). The Labute approximate surface area is 184 Å². The van der Waals surface area contributed by atoms with Crippen LogP contribution in [0.2, 0.25) is 0 Å². The van der Waals surface area contributed by atoms with Crippen molar-refractivity contribution in [3.63, 3.8) is 0 Å². The smallest absolute Gasteiger partial charge is 0.302 e. The van der Waals surface area contributed by atoms with Crippen molar-refractivity contribution in [1.82, 2.24) is 0 Å². The van der Waals surface area contributed by atoms with E-state index in [9.17, 15) is 101 Å². The van der Waals surface area contributed by atoms with Gasteiger partial charge in [0.05, 0.1) is 0 Å². The second-order valence-corrected chi connectivity index (χ2v) is 7.43. The minimum absolute atomic E-state index is 1.47. The predicted octanol–water partition coefficient (Wildman–Crippen LogP) is 7.24. The first-order valence-corrected chi connectivity index (χ1v) is 8.81. The highest BCUT2D eigenvalue weighted by molar-refractivity contribution is 7.47. The molecule has 0 bridgehead atoms. The summed E-state index contributed by atoms with van der Waals surface area (Å²) in [6.45, 7) is 0. The van der Waals surface area contributed by atoms with Crippen LogP contribution in [0.25, 0.3) is 0 Å². The van der Waals surface area contributed by atoms with E-state index in [4.69, 9.17) is 4.89 Å². The molecule has 1 N–H and O–H groups in total. The number of phosphoric ester groups is 1. The van der Waals surface area contributed by atoms with Gasteiger partial charge in [-0.15, -0.1) is 0 Å². The quantitative estimate of drug-likeness (QED) is 0.204. The fraction of sp³-hybridized carbons (Fsp3) is 1.00. The predicted molar refractivity (Wildman–Crippen MR) is 63.7 cm³/mol. The van der Waals surface area contributed by atoms with E-state index in [2.05, 4.69) is 0 Å². The maximum absolute atomic E-state index is 13.3. The van der Waals surface area contributed by atoms with Gasteiger partial charge in [0, 0.05) is 0 Å². The van der Waals surface area contributed by atoms with Crippen molar-refractivity contribution < 1.29 is 115 Å². The summed E-state index contributed by atoms with van der Waals surface area (Å²) in [5, 5.41) is 0. The molecule has 0 spiro atoms. The second kappa shape index (κ2) is 8.79. The van der Waals surface area contributed by atoms with Crippen LogP contribution in [0.1, 0.15) is 0 Å². The van der Waals surface area contributed by atoms with Crippen molar-refractivity contribution >= 4 is 7.82 Å². The largest absolute Gasteiger partial charge is 0.483 e. The van der Waals surface area contributed by atoms with Crippen LogP contribution in [0.3, 0.4) is 0 Å². The monoisotopic (exact) mass is 634 g/mol.